The van der Waals surface area contributed by atoms with E-state index in [-0.39, 0.29) is 48.8 Å². The molecule has 0 aliphatic carbocycles. The van der Waals surface area contributed by atoms with Crippen LogP contribution in [0.2, 0.25) is 0 Å². The highest BCUT2D eigenvalue weighted by molar-refractivity contribution is 7.89. The van der Waals surface area contributed by atoms with Crippen molar-refractivity contribution in [2.24, 2.45) is 5.92 Å². The summed E-state index contributed by atoms with van der Waals surface area (Å²) in [5.41, 5.74) is 0.484. The molecule has 0 radical (unpaired) electrons. The van der Waals surface area contributed by atoms with Crippen LogP contribution in [0, 0.1) is 17.8 Å². The molecule has 1 heterocycles. The number of ether oxygens (including phenoxy) is 2. The van der Waals surface area contributed by atoms with Crippen LogP contribution < -0.4 is 4.74 Å². The molecule has 9 nitrogen and oxygen atoms in total. The van der Waals surface area contributed by atoms with Crippen molar-refractivity contribution in [2.45, 2.75) is 43.9 Å². The zero-order valence-corrected chi connectivity index (χ0v) is 19.9. The van der Waals surface area contributed by atoms with E-state index in [1.807, 2.05) is 6.92 Å². The number of hydrogen-bond acceptors (Lipinski definition) is 7. The summed E-state index contributed by atoms with van der Waals surface area (Å²) in [4.78, 5) is 13.7. The van der Waals surface area contributed by atoms with E-state index >= 15 is 0 Å². The number of rotatable bonds is 6. The minimum atomic E-state index is -3.96. The van der Waals surface area contributed by atoms with Gasteiger partial charge in [-0.25, -0.2) is 8.42 Å². The van der Waals surface area contributed by atoms with E-state index in [0.29, 0.717) is 5.56 Å². The number of nitrogens with zero attached hydrogens (tertiary/aromatic N) is 2. The average Bonchev–Trinajstić information content (AvgIpc) is 2.74. The molecule has 2 N–H and O–H groups in total. The normalized spacial score (nSPS) is 22.2. The van der Waals surface area contributed by atoms with Gasteiger partial charge in [0, 0.05) is 38.2 Å². The topological polar surface area (TPSA) is 117 Å². The highest BCUT2D eigenvalue weighted by Crippen LogP contribution is 2.34. The number of carbonyl (C=O) groups excluding carboxylic acids is 1. The smallest absolute Gasteiger partial charge is 0.248 e. The Bertz CT molecular complexity index is 968. The van der Waals surface area contributed by atoms with Crippen LogP contribution in [0.25, 0.3) is 0 Å². The predicted octanol–water partition coefficient (Wildman–Crippen LogP) is 0.292. The molecule has 0 bridgehead atoms. The average molecular weight is 469 g/mol. The Balaban J connectivity index is 2.55. The summed E-state index contributed by atoms with van der Waals surface area (Å²) in [6.45, 7) is 4.93. The van der Waals surface area contributed by atoms with Gasteiger partial charge in [-0.15, -0.1) is 0 Å². The molecular weight excluding hydrogens is 436 g/mol. The molecular formula is C22H32N2O7S. The number of sulfonamides is 1. The molecule has 0 fully saturated rings. The summed E-state index contributed by atoms with van der Waals surface area (Å²) in [5.74, 6) is 5.01. The van der Waals surface area contributed by atoms with Crippen molar-refractivity contribution in [3.05, 3.63) is 23.8 Å². The molecule has 1 amide bonds. The van der Waals surface area contributed by atoms with Gasteiger partial charge in [0.15, 0.2) is 0 Å². The van der Waals surface area contributed by atoms with Gasteiger partial charge < -0.3 is 24.6 Å². The predicted molar refractivity (Wildman–Crippen MR) is 119 cm³/mol. The maximum Gasteiger partial charge on any atom is 0.248 e. The van der Waals surface area contributed by atoms with Gasteiger partial charge in [0.2, 0.25) is 15.9 Å². The first-order chi connectivity index (χ1) is 15.0. The lowest BCUT2D eigenvalue weighted by molar-refractivity contribution is -0.135. The van der Waals surface area contributed by atoms with Crippen LogP contribution in [0.4, 0.5) is 0 Å². The molecule has 4 atom stereocenters. The first kappa shape index (κ1) is 26.1. The fourth-order valence-electron chi connectivity index (χ4n) is 3.31. The number of fused-ring (bicyclic) bond motifs is 1. The van der Waals surface area contributed by atoms with Crippen LogP contribution in [-0.2, 0) is 19.6 Å². The third kappa shape index (κ3) is 6.21. The SMILES string of the molecule is COCC(=O)N(C)C[C@@H]1Oc2cc(C#C[C@@H](C)O)ccc2S(=O)(=O)N([C@@H](C)CO)C[C@@H]1C. The number of benzene rings is 1. The van der Waals surface area contributed by atoms with Crippen LogP contribution in [0.3, 0.4) is 0 Å². The van der Waals surface area contributed by atoms with E-state index < -0.39 is 28.3 Å². The highest BCUT2D eigenvalue weighted by atomic mass is 32.2. The van der Waals surface area contributed by atoms with E-state index in [1.165, 1.54) is 35.4 Å². The molecule has 10 heteroatoms. The van der Waals surface area contributed by atoms with Crippen LogP contribution >= 0.6 is 0 Å². The zero-order valence-electron chi connectivity index (χ0n) is 19.1. The number of amides is 1. The Labute approximate surface area is 190 Å². The number of likely N-dealkylation sites (N-methyl/N-ethyl adjacent to an activating group) is 1. The first-order valence-electron chi connectivity index (χ1n) is 10.4. The maximum atomic E-state index is 13.4. The number of hydrogen-bond donors (Lipinski definition) is 2. The van der Waals surface area contributed by atoms with Gasteiger partial charge in [0.1, 0.15) is 29.5 Å². The Morgan fingerprint density at radius 1 is 1.41 bits per heavy atom. The molecule has 0 saturated carbocycles. The molecule has 32 heavy (non-hydrogen) atoms. The van der Waals surface area contributed by atoms with Gasteiger partial charge >= 0.3 is 0 Å². The van der Waals surface area contributed by atoms with Crippen molar-refractivity contribution in [2.75, 3.05) is 40.5 Å². The molecule has 1 aliphatic rings. The minimum absolute atomic E-state index is 0.0387. The molecule has 0 aromatic heterocycles. The largest absolute Gasteiger partial charge is 0.487 e. The third-order valence-electron chi connectivity index (χ3n) is 5.24. The third-order valence-corrected chi connectivity index (χ3v) is 7.26. The first-order valence-corrected chi connectivity index (χ1v) is 11.8. The number of aliphatic hydroxyl groups is 2. The van der Waals surface area contributed by atoms with E-state index in [2.05, 4.69) is 11.8 Å². The number of methoxy groups -OCH3 is 1. The summed E-state index contributed by atoms with van der Waals surface area (Å²) in [7, 11) is -0.894. The fourth-order valence-corrected chi connectivity index (χ4v) is 5.14. The van der Waals surface area contributed by atoms with E-state index in [1.54, 1.807) is 20.0 Å². The van der Waals surface area contributed by atoms with Crippen molar-refractivity contribution in [1.82, 2.24) is 9.21 Å². The molecule has 0 unspecified atom stereocenters. The number of aliphatic hydroxyl groups excluding tert-OH is 2. The van der Waals surface area contributed by atoms with E-state index in [4.69, 9.17) is 9.47 Å². The Morgan fingerprint density at radius 2 is 2.09 bits per heavy atom. The second-order valence-corrected chi connectivity index (χ2v) is 9.91. The molecule has 1 aromatic rings. The van der Waals surface area contributed by atoms with Crippen LogP contribution in [0.5, 0.6) is 5.75 Å². The molecule has 1 aromatic carbocycles. The lowest BCUT2D eigenvalue weighted by atomic mass is 10.0. The van der Waals surface area contributed by atoms with Crippen LogP contribution in [0.1, 0.15) is 26.3 Å². The Kier molecular flexibility index (Phi) is 9.07. The molecule has 2 rings (SSSR count). The Hall–Kier alpha value is -2.16. The van der Waals surface area contributed by atoms with Gasteiger partial charge in [-0.2, -0.15) is 4.31 Å². The van der Waals surface area contributed by atoms with Crippen molar-refractivity contribution in [3.63, 3.8) is 0 Å². The molecule has 0 saturated heterocycles. The number of carbonyl (C=O) groups is 1. The van der Waals surface area contributed by atoms with Gasteiger partial charge in [-0.1, -0.05) is 18.8 Å². The summed E-state index contributed by atoms with van der Waals surface area (Å²) in [5, 5.41) is 19.1. The second kappa shape index (κ2) is 11.1. The van der Waals surface area contributed by atoms with Gasteiger partial charge in [0.25, 0.3) is 0 Å². The van der Waals surface area contributed by atoms with Crippen molar-refractivity contribution < 1.29 is 32.9 Å². The summed E-state index contributed by atoms with van der Waals surface area (Å²) >= 11 is 0. The van der Waals surface area contributed by atoms with Crippen molar-refractivity contribution in [3.8, 4) is 17.6 Å². The summed E-state index contributed by atoms with van der Waals surface area (Å²) < 4.78 is 39.1. The molecule has 0 spiro atoms. The van der Waals surface area contributed by atoms with Gasteiger partial charge in [-0.05, 0) is 32.0 Å². The van der Waals surface area contributed by atoms with Crippen molar-refractivity contribution in [1.29, 1.82) is 0 Å². The Morgan fingerprint density at radius 3 is 2.69 bits per heavy atom. The lowest BCUT2D eigenvalue weighted by Gasteiger charge is -2.37. The molecule has 178 valence electrons. The summed E-state index contributed by atoms with van der Waals surface area (Å²) in [6, 6.07) is 3.84. The fraction of sp³-hybridized carbons (Fsp3) is 0.591. The maximum absolute atomic E-state index is 13.4. The van der Waals surface area contributed by atoms with Crippen molar-refractivity contribution >= 4 is 15.9 Å². The monoisotopic (exact) mass is 468 g/mol. The van der Waals surface area contributed by atoms with Crippen LogP contribution in [-0.4, -0.2) is 92.5 Å². The van der Waals surface area contributed by atoms with Crippen LogP contribution in [0.15, 0.2) is 23.1 Å². The second-order valence-electron chi connectivity index (χ2n) is 8.05. The van der Waals surface area contributed by atoms with Gasteiger partial charge in [-0.3, -0.25) is 4.79 Å². The summed E-state index contributed by atoms with van der Waals surface area (Å²) in [6.07, 6.45) is -1.36. The standard InChI is InChI=1S/C22H32N2O7S/c1-15-11-24(16(2)13-25)32(28,29)21-9-8-18(7-6-17(3)26)10-19(21)31-20(15)12-23(4)22(27)14-30-5/h8-10,15-17,20,25-26H,11-14H2,1-5H3/t15-,16-,17+,20-/m0/s1. The quantitative estimate of drug-likeness (QED) is 0.577. The minimum Gasteiger partial charge on any atom is -0.487 e. The van der Waals surface area contributed by atoms with E-state index in [9.17, 15) is 23.4 Å². The highest BCUT2D eigenvalue weighted by Gasteiger charge is 2.38. The van der Waals surface area contributed by atoms with E-state index in [0.717, 1.165) is 0 Å². The van der Waals surface area contributed by atoms with Gasteiger partial charge in [0.05, 0.1) is 13.2 Å². The molecule has 1 aliphatic heterocycles. The zero-order chi connectivity index (χ0) is 24.1. The lowest BCUT2D eigenvalue weighted by Crippen LogP contribution is -2.50.